The van der Waals surface area contributed by atoms with Gasteiger partial charge in [0.25, 0.3) is 0 Å². The van der Waals surface area contributed by atoms with Crippen LogP contribution in [0.1, 0.15) is 23.8 Å². The maximum Gasteiger partial charge on any atom is 0.237 e. The molecule has 0 aliphatic rings. The molecule has 0 aliphatic heterocycles. The van der Waals surface area contributed by atoms with Crippen LogP contribution < -0.4 is 10.6 Å². The SMILES string of the molecule is Cc1ccc(CNC(C)C(=O)NCc2ccco2)cc1F. The van der Waals surface area contributed by atoms with Crippen LogP contribution in [-0.4, -0.2) is 11.9 Å². The van der Waals surface area contributed by atoms with Gasteiger partial charge in [-0.1, -0.05) is 12.1 Å². The number of hydrogen-bond acceptors (Lipinski definition) is 3. The van der Waals surface area contributed by atoms with Crippen LogP contribution in [0.2, 0.25) is 0 Å². The van der Waals surface area contributed by atoms with Crippen molar-refractivity contribution in [3.05, 3.63) is 59.3 Å². The van der Waals surface area contributed by atoms with Crippen molar-refractivity contribution >= 4 is 5.91 Å². The molecule has 0 saturated carbocycles. The highest BCUT2D eigenvalue weighted by atomic mass is 19.1. The van der Waals surface area contributed by atoms with Crippen molar-refractivity contribution in [2.24, 2.45) is 0 Å². The standard InChI is InChI=1S/C16H19FN2O2/c1-11-5-6-13(8-15(11)17)9-18-12(2)16(20)19-10-14-4-3-7-21-14/h3-8,12,18H,9-10H2,1-2H3,(H,19,20). The maximum atomic E-state index is 13.4. The molecule has 0 radical (unpaired) electrons. The quantitative estimate of drug-likeness (QED) is 0.859. The fourth-order valence-corrected chi connectivity index (χ4v) is 1.85. The first-order valence-corrected chi connectivity index (χ1v) is 6.85. The Labute approximate surface area is 123 Å². The van der Waals surface area contributed by atoms with Gasteiger partial charge in [-0.2, -0.15) is 0 Å². The number of halogens is 1. The summed E-state index contributed by atoms with van der Waals surface area (Å²) in [5.74, 6) is 0.347. The van der Waals surface area contributed by atoms with E-state index in [1.54, 1.807) is 38.3 Å². The highest BCUT2D eigenvalue weighted by Crippen LogP contribution is 2.09. The Morgan fingerprint density at radius 3 is 2.81 bits per heavy atom. The number of carbonyl (C=O) groups excluding carboxylic acids is 1. The summed E-state index contributed by atoms with van der Waals surface area (Å²) in [7, 11) is 0. The molecular weight excluding hydrogens is 271 g/mol. The lowest BCUT2D eigenvalue weighted by atomic mass is 10.1. The third kappa shape index (κ3) is 4.43. The number of nitrogens with one attached hydrogen (secondary N) is 2. The first kappa shape index (κ1) is 15.3. The van der Waals surface area contributed by atoms with Gasteiger partial charge in [-0.05, 0) is 43.2 Å². The lowest BCUT2D eigenvalue weighted by molar-refractivity contribution is -0.123. The second-order valence-electron chi connectivity index (χ2n) is 4.98. The molecular formula is C16H19FN2O2. The first-order chi connectivity index (χ1) is 10.1. The summed E-state index contributed by atoms with van der Waals surface area (Å²) in [6, 6.07) is 8.26. The van der Waals surface area contributed by atoms with Gasteiger partial charge in [0.15, 0.2) is 0 Å². The zero-order chi connectivity index (χ0) is 15.2. The normalized spacial score (nSPS) is 12.1. The Morgan fingerprint density at radius 2 is 2.14 bits per heavy atom. The van der Waals surface area contributed by atoms with Crippen molar-refractivity contribution in [2.75, 3.05) is 0 Å². The summed E-state index contributed by atoms with van der Waals surface area (Å²) in [4.78, 5) is 11.9. The zero-order valence-corrected chi connectivity index (χ0v) is 12.2. The third-order valence-electron chi connectivity index (χ3n) is 3.26. The van der Waals surface area contributed by atoms with E-state index in [1.165, 1.54) is 6.07 Å². The fraction of sp³-hybridized carbons (Fsp3) is 0.312. The molecule has 1 heterocycles. The van der Waals surface area contributed by atoms with Crippen LogP contribution in [0, 0.1) is 12.7 Å². The molecule has 2 N–H and O–H groups in total. The molecule has 1 aromatic carbocycles. The highest BCUT2D eigenvalue weighted by molar-refractivity contribution is 5.81. The van der Waals surface area contributed by atoms with Crippen LogP contribution >= 0.6 is 0 Å². The third-order valence-corrected chi connectivity index (χ3v) is 3.26. The summed E-state index contributed by atoms with van der Waals surface area (Å²) < 4.78 is 18.6. The van der Waals surface area contributed by atoms with E-state index < -0.39 is 0 Å². The molecule has 0 spiro atoms. The molecule has 1 unspecified atom stereocenters. The number of aryl methyl sites for hydroxylation is 1. The lowest BCUT2D eigenvalue weighted by Crippen LogP contribution is -2.41. The van der Waals surface area contributed by atoms with Crippen molar-refractivity contribution in [1.82, 2.24) is 10.6 Å². The van der Waals surface area contributed by atoms with E-state index in [-0.39, 0.29) is 17.8 Å². The Hall–Kier alpha value is -2.14. The molecule has 0 bridgehead atoms. The van der Waals surface area contributed by atoms with Crippen molar-refractivity contribution in [3.63, 3.8) is 0 Å². The lowest BCUT2D eigenvalue weighted by Gasteiger charge is -2.14. The van der Waals surface area contributed by atoms with E-state index in [0.29, 0.717) is 24.4 Å². The summed E-state index contributed by atoms with van der Waals surface area (Å²) in [5.41, 5.74) is 1.42. The molecule has 1 atom stereocenters. The molecule has 112 valence electrons. The summed E-state index contributed by atoms with van der Waals surface area (Å²) in [5, 5.41) is 5.84. The Bertz CT molecular complexity index is 596. The molecule has 0 saturated heterocycles. The van der Waals surface area contributed by atoms with E-state index in [4.69, 9.17) is 4.42 Å². The largest absolute Gasteiger partial charge is 0.467 e. The van der Waals surface area contributed by atoms with Crippen LogP contribution in [0.15, 0.2) is 41.0 Å². The van der Waals surface area contributed by atoms with Crippen LogP contribution in [-0.2, 0) is 17.9 Å². The number of benzene rings is 1. The summed E-state index contributed by atoms with van der Waals surface area (Å²) in [6.07, 6.45) is 1.56. The van der Waals surface area contributed by atoms with Gasteiger partial charge in [0, 0.05) is 6.54 Å². The smallest absolute Gasteiger partial charge is 0.237 e. The van der Waals surface area contributed by atoms with Crippen LogP contribution in [0.25, 0.3) is 0 Å². The predicted octanol–water partition coefficient (Wildman–Crippen LogP) is 2.52. The minimum absolute atomic E-state index is 0.126. The second-order valence-corrected chi connectivity index (χ2v) is 4.98. The van der Waals surface area contributed by atoms with Crippen molar-refractivity contribution in [3.8, 4) is 0 Å². The number of furan rings is 1. The monoisotopic (exact) mass is 290 g/mol. The van der Waals surface area contributed by atoms with Crippen molar-refractivity contribution < 1.29 is 13.6 Å². The highest BCUT2D eigenvalue weighted by Gasteiger charge is 2.12. The topological polar surface area (TPSA) is 54.3 Å². The number of amides is 1. The minimum Gasteiger partial charge on any atom is -0.467 e. The van der Waals surface area contributed by atoms with Crippen LogP contribution in [0.4, 0.5) is 4.39 Å². The molecule has 2 aromatic rings. The van der Waals surface area contributed by atoms with Gasteiger partial charge < -0.3 is 15.1 Å². The van der Waals surface area contributed by atoms with Gasteiger partial charge in [-0.3, -0.25) is 4.79 Å². The maximum absolute atomic E-state index is 13.4. The molecule has 4 nitrogen and oxygen atoms in total. The van der Waals surface area contributed by atoms with Gasteiger partial charge >= 0.3 is 0 Å². The zero-order valence-electron chi connectivity index (χ0n) is 12.2. The predicted molar refractivity (Wildman–Crippen MR) is 78.0 cm³/mol. The van der Waals surface area contributed by atoms with Crippen molar-refractivity contribution in [1.29, 1.82) is 0 Å². The Kier molecular flexibility index (Phi) is 5.11. The van der Waals surface area contributed by atoms with Crippen LogP contribution in [0.3, 0.4) is 0 Å². The van der Waals surface area contributed by atoms with E-state index in [0.717, 1.165) is 5.56 Å². The molecule has 5 heteroatoms. The number of rotatable bonds is 6. The van der Waals surface area contributed by atoms with Gasteiger partial charge in [0.05, 0.1) is 18.8 Å². The molecule has 0 aliphatic carbocycles. The van der Waals surface area contributed by atoms with Crippen molar-refractivity contribution in [2.45, 2.75) is 33.0 Å². The summed E-state index contributed by atoms with van der Waals surface area (Å²) >= 11 is 0. The number of hydrogen-bond donors (Lipinski definition) is 2. The van der Waals surface area contributed by atoms with E-state index >= 15 is 0 Å². The minimum atomic E-state index is -0.371. The molecule has 21 heavy (non-hydrogen) atoms. The molecule has 1 aromatic heterocycles. The average Bonchev–Trinajstić information content (AvgIpc) is 2.99. The van der Waals surface area contributed by atoms with E-state index in [1.807, 2.05) is 6.07 Å². The van der Waals surface area contributed by atoms with Crippen LogP contribution in [0.5, 0.6) is 0 Å². The molecule has 2 rings (SSSR count). The Balaban J connectivity index is 1.79. The Morgan fingerprint density at radius 1 is 1.33 bits per heavy atom. The van der Waals surface area contributed by atoms with Gasteiger partial charge in [-0.15, -0.1) is 0 Å². The second kappa shape index (κ2) is 7.04. The molecule has 1 amide bonds. The fourth-order valence-electron chi connectivity index (χ4n) is 1.85. The summed E-state index contributed by atoms with van der Waals surface area (Å²) in [6.45, 7) is 4.28. The first-order valence-electron chi connectivity index (χ1n) is 6.85. The number of carbonyl (C=O) groups is 1. The van der Waals surface area contributed by atoms with Gasteiger partial charge in [0.1, 0.15) is 11.6 Å². The van der Waals surface area contributed by atoms with E-state index in [9.17, 15) is 9.18 Å². The average molecular weight is 290 g/mol. The van der Waals surface area contributed by atoms with E-state index in [2.05, 4.69) is 10.6 Å². The molecule has 0 fully saturated rings. The van der Waals surface area contributed by atoms with Gasteiger partial charge in [-0.25, -0.2) is 4.39 Å². The van der Waals surface area contributed by atoms with Gasteiger partial charge in [0.2, 0.25) is 5.91 Å².